The number of nitrogens with one attached hydrogen (secondary N) is 2. The number of nitrogens with zero attached hydrogens (tertiary/aromatic N) is 6. The van der Waals surface area contributed by atoms with Gasteiger partial charge in [-0.3, -0.25) is 9.67 Å². The summed E-state index contributed by atoms with van der Waals surface area (Å²) in [6.45, 7) is 4.27. The summed E-state index contributed by atoms with van der Waals surface area (Å²) in [5.41, 5.74) is 4.83. The van der Waals surface area contributed by atoms with Crippen molar-refractivity contribution in [2.75, 3.05) is 10.6 Å². The third-order valence-corrected chi connectivity index (χ3v) is 5.97. The van der Waals surface area contributed by atoms with Gasteiger partial charge in [-0.05, 0) is 48.6 Å². The molecule has 164 valence electrons. The van der Waals surface area contributed by atoms with E-state index < -0.39 is 0 Å². The molecule has 0 atom stereocenters. The Hall–Kier alpha value is -3.55. The van der Waals surface area contributed by atoms with E-state index in [4.69, 9.17) is 4.98 Å². The zero-order chi connectivity index (χ0) is 22.1. The van der Waals surface area contributed by atoms with E-state index in [0.29, 0.717) is 23.6 Å². The molecule has 0 spiro atoms. The highest BCUT2D eigenvalue weighted by atomic mass is 15.3. The predicted octanol–water partition coefficient (Wildman–Crippen LogP) is 5.04. The van der Waals surface area contributed by atoms with E-state index >= 15 is 0 Å². The van der Waals surface area contributed by atoms with Crippen LogP contribution in [0.1, 0.15) is 51.0 Å². The highest BCUT2D eigenvalue weighted by molar-refractivity contribution is 5.84. The lowest BCUT2D eigenvalue weighted by molar-refractivity contribution is 0.728. The maximum Gasteiger partial charge on any atom is 0.156 e. The van der Waals surface area contributed by atoms with Crippen LogP contribution in [0.2, 0.25) is 0 Å². The van der Waals surface area contributed by atoms with E-state index in [1.54, 1.807) is 6.20 Å². The van der Waals surface area contributed by atoms with Crippen molar-refractivity contribution in [1.82, 2.24) is 29.9 Å². The quantitative estimate of drug-likeness (QED) is 0.444. The molecular weight excluding hydrogens is 400 g/mol. The van der Waals surface area contributed by atoms with E-state index in [1.807, 2.05) is 42.3 Å². The molecule has 8 nitrogen and oxygen atoms in total. The smallest absolute Gasteiger partial charge is 0.156 e. The van der Waals surface area contributed by atoms with Crippen molar-refractivity contribution in [1.29, 1.82) is 0 Å². The van der Waals surface area contributed by atoms with Crippen LogP contribution in [-0.2, 0) is 7.05 Å². The van der Waals surface area contributed by atoms with Gasteiger partial charge >= 0.3 is 0 Å². The molecule has 0 saturated heterocycles. The van der Waals surface area contributed by atoms with Gasteiger partial charge in [0.2, 0.25) is 0 Å². The van der Waals surface area contributed by atoms with Crippen molar-refractivity contribution in [3.8, 4) is 11.1 Å². The first-order valence-electron chi connectivity index (χ1n) is 11.2. The molecular formula is C24H28N8. The van der Waals surface area contributed by atoms with Gasteiger partial charge in [0.1, 0.15) is 5.82 Å². The second-order valence-electron chi connectivity index (χ2n) is 8.80. The zero-order valence-corrected chi connectivity index (χ0v) is 18.7. The minimum Gasteiger partial charge on any atom is -0.365 e. The fraction of sp³-hybridized carbons (Fsp3) is 0.375. The molecule has 1 aliphatic rings. The summed E-state index contributed by atoms with van der Waals surface area (Å²) < 4.78 is 1.85. The molecule has 0 bridgehead atoms. The van der Waals surface area contributed by atoms with Gasteiger partial charge < -0.3 is 10.6 Å². The zero-order valence-electron chi connectivity index (χ0n) is 18.7. The number of pyridine rings is 2. The van der Waals surface area contributed by atoms with E-state index in [1.165, 1.54) is 25.7 Å². The molecule has 1 saturated carbocycles. The van der Waals surface area contributed by atoms with Gasteiger partial charge in [-0.25, -0.2) is 4.98 Å². The molecule has 1 fully saturated rings. The average Bonchev–Trinajstić information content (AvgIpc) is 3.43. The van der Waals surface area contributed by atoms with Crippen LogP contribution in [0.5, 0.6) is 0 Å². The summed E-state index contributed by atoms with van der Waals surface area (Å²) in [7, 11) is 1.95. The number of rotatable bonds is 6. The Labute approximate surface area is 187 Å². The van der Waals surface area contributed by atoms with Gasteiger partial charge in [0, 0.05) is 36.6 Å². The van der Waals surface area contributed by atoms with Crippen LogP contribution < -0.4 is 10.6 Å². The van der Waals surface area contributed by atoms with Crippen LogP contribution in [0.3, 0.4) is 0 Å². The Balaban J connectivity index is 1.45. The van der Waals surface area contributed by atoms with Crippen molar-refractivity contribution in [2.24, 2.45) is 7.05 Å². The number of hydrogen-bond donors (Lipinski definition) is 2. The third-order valence-electron chi connectivity index (χ3n) is 5.97. The van der Waals surface area contributed by atoms with Crippen molar-refractivity contribution in [2.45, 2.75) is 51.5 Å². The summed E-state index contributed by atoms with van der Waals surface area (Å²) in [6, 6.07) is 8.45. The normalized spacial score (nSPS) is 14.4. The monoisotopic (exact) mass is 428 g/mol. The van der Waals surface area contributed by atoms with Gasteiger partial charge in [0.05, 0.1) is 17.2 Å². The Kier molecular flexibility index (Phi) is 5.43. The van der Waals surface area contributed by atoms with E-state index in [0.717, 1.165) is 33.5 Å². The van der Waals surface area contributed by atoms with Crippen molar-refractivity contribution >= 4 is 28.5 Å². The summed E-state index contributed by atoms with van der Waals surface area (Å²) in [6.07, 6.45) is 10.7. The summed E-state index contributed by atoms with van der Waals surface area (Å²) in [5, 5.41) is 19.8. The number of aromatic nitrogens is 6. The van der Waals surface area contributed by atoms with Gasteiger partial charge in [0.25, 0.3) is 0 Å². The van der Waals surface area contributed by atoms with E-state index in [-0.39, 0.29) is 0 Å². The topological polar surface area (TPSA) is 93.4 Å². The van der Waals surface area contributed by atoms with Gasteiger partial charge in [0.15, 0.2) is 11.6 Å². The van der Waals surface area contributed by atoms with Gasteiger partial charge in [-0.2, -0.15) is 10.2 Å². The number of anilines is 3. The molecule has 2 N–H and O–H groups in total. The molecule has 4 heterocycles. The lowest BCUT2D eigenvalue weighted by Crippen LogP contribution is -2.15. The largest absolute Gasteiger partial charge is 0.365 e. The third kappa shape index (κ3) is 4.26. The Morgan fingerprint density at radius 1 is 1.03 bits per heavy atom. The molecule has 0 aromatic carbocycles. The van der Waals surface area contributed by atoms with Crippen LogP contribution in [0.15, 0.2) is 42.9 Å². The molecule has 0 unspecified atom stereocenters. The highest BCUT2D eigenvalue weighted by Crippen LogP contribution is 2.31. The molecule has 32 heavy (non-hydrogen) atoms. The first-order valence-corrected chi connectivity index (χ1v) is 11.2. The maximum atomic E-state index is 4.78. The molecule has 4 aromatic heterocycles. The van der Waals surface area contributed by atoms with E-state index in [2.05, 4.69) is 50.8 Å². The van der Waals surface area contributed by atoms with Crippen molar-refractivity contribution < 1.29 is 0 Å². The minimum absolute atomic E-state index is 0.383. The number of fused-ring (bicyclic) bond motifs is 1. The average molecular weight is 429 g/mol. The second kappa shape index (κ2) is 8.53. The van der Waals surface area contributed by atoms with Gasteiger partial charge in [-0.15, -0.1) is 5.10 Å². The molecule has 1 aliphatic carbocycles. The lowest BCUT2D eigenvalue weighted by atomic mass is 10.1. The van der Waals surface area contributed by atoms with Crippen LogP contribution in [0, 0.1) is 0 Å². The van der Waals surface area contributed by atoms with E-state index in [9.17, 15) is 0 Å². The first-order chi connectivity index (χ1) is 15.5. The maximum absolute atomic E-state index is 4.78. The SMILES string of the molecule is CC(C)c1cnnc(Nc2ccc3ncc(-c4cn(C)nc4NC4CCCC4)cc3n2)c1. The van der Waals surface area contributed by atoms with Crippen molar-refractivity contribution in [3.63, 3.8) is 0 Å². The summed E-state index contributed by atoms with van der Waals surface area (Å²) in [5.74, 6) is 2.69. The fourth-order valence-corrected chi connectivity index (χ4v) is 4.18. The Bertz CT molecular complexity index is 1240. The molecule has 4 aromatic rings. The first kappa shape index (κ1) is 20.4. The van der Waals surface area contributed by atoms with Crippen molar-refractivity contribution in [3.05, 3.63) is 48.4 Å². The predicted molar refractivity (Wildman–Crippen MR) is 127 cm³/mol. The Morgan fingerprint density at radius 2 is 1.88 bits per heavy atom. The van der Waals surface area contributed by atoms with Crippen LogP contribution in [-0.4, -0.2) is 36.0 Å². The highest BCUT2D eigenvalue weighted by Gasteiger charge is 2.19. The molecule has 0 radical (unpaired) electrons. The van der Waals surface area contributed by atoms with Crippen LogP contribution >= 0.6 is 0 Å². The summed E-state index contributed by atoms with van der Waals surface area (Å²) >= 11 is 0. The standard InChI is InChI=1S/C24H28N8/c1-15(2)16-11-23(30-26-13-16)29-22-9-8-20-21(28-22)10-17(12-25-20)19-14-32(3)31-24(19)27-18-6-4-5-7-18/h8-15,18H,4-7H2,1-3H3,(H,27,31)(H,28,29,30). The fourth-order valence-electron chi connectivity index (χ4n) is 4.18. The summed E-state index contributed by atoms with van der Waals surface area (Å²) in [4.78, 5) is 9.42. The lowest BCUT2D eigenvalue weighted by Gasteiger charge is -2.13. The second-order valence-corrected chi connectivity index (χ2v) is 8.80. The van der Waals surface area contributed by atoms with Gasteiger partial charge in [-0.1, -0.05) is 26.7 Å². The Morgan fingerprint density at radius 3 is 2.69 bits per heavy atom. The van der Waals surface area contributed by atoms with Crippen LogP contribution in [0.25, 0.3) is 22.2 Å². The number of aryl methyl sites for hydroxylation is 1. The minimum atomic E-state index is 0.383. The molecule has 0 amide bonds. The number of hydrogen-bond acceptors (Lipinski definition) is 7. The molecule has 5 rings (SSSR count). The molecule has 0 aliphatic heterocycles. The molecule has 8 heteroatoms. The van der Waals surface area contributed by atoms with Crippen LogP contribution in [0.4, 0.5) is 17.5 Å².